The second-order valence-electron chi connectivity index (χ2n) is 5.06. The van der Waals surface area contributed by atoms with Crippen LogP contribution >= 0.6 is 0 Å². The van der Waals surface area contributed by atoms with Gasteiger partial charge in [0.2, 0.25) is 0 Å². The Kier molecular flexibility index (Phi) is 4.80. The zero-order chi connectivity index (χ0) is 14.8. The number of hydrogen-bond donors (Lipinski definition) is 0. The van der Waals surface area contributed by atoms with Crippen LogP contribution in [0.5, 0.6) is 0 Å². The summed E-state index contributed by atoms with van der Waals surface area (Å²) in [6.07, 6.45) is 0.658. The van der Waals surface area contributed by atoms with Gasteiger partial charge < -0.3 is 9.47 Å². The van der Waals surface area contributed by atoms with Crippen molar-refractivity contribution in [2.24, 2.45) is 5.92 Å². The van der Waals surface area contributed by atoms with Crippen molar-refractivity contribution in [3.8, 4) is 0 Å². The van der Waals surface area contributed by atoms with Crippen molar-refractivity contribution in [1.82, 2.24) is 0 Å². The molecular weight excluding hydrogens is 280 g/mol. The molecule has 20 heavy (non-hydrogen) atoms. The summed E-state index contributed by atoms with van der Waals surface area (Å²) in [5, 5.41) is 0. The normalized spacial score (nSPS) is 22.8. The SMILES string of the molecule is COC(OC)C1CC(OS(=O)(=O)c2ccc(C)cc2)C1. The molecule has 1 saturated carbocycles. The lowest BCUT2D eigenvalue weighted by Crippen LogP contribution is -2.41. The molecule has 6 heteroatoms. The first-order chi connectivity index (χ1) is 9.46. The fourth-order valence-electron chi connectivity index (χ4n) is 2.33. The third-order valence-corrected chi connectivity index (χ3v) is 4.93. The molecule has 0 amide bonds. The van der Waals surface area contributed by atoms with E-state index >= 15 is 0 Å². The van der Waals surface area contributed by atoms with Crippen molar-refractivity contribution in [1.29, 1.82) is 0 Å². The molecule has 0 atom stereocenters. The summed E-state index contributed by atoms with van der Waals surface area (Å²) in [6, 6.07) is 6.64. The minimum absolute atomic E-state index is 0.184. The fraction of sp³-hybridized carbons (Fsp3) is 0.571. The molecule has 5 nitrogen and oxygen atoms in total. The lowest BCUT2D eigenvalue weighted by atomic mass is 9.82. The first-order valence-corrected chi connectivity index (χ1v) is 7.92. The van der Waals surface area contributed by atoms with Crippen LogP contribution in [0.15, 0.2) is 29.2 Å². The Hall–Kier alpha value is -0.950. The van der Waals surface area contributed by atoms with E-state index in [4.69, 9.17) is 13.7 Å². The van der Waals surface area contributed by atoms with Crippen molar-refractivity contribution in [2.45, 2.75) is 37.1 Å². The fourth-order valence-corrected chi connectivity index (χ4v) is 3.42. The minimum Gasteiger partial charge on any atom is -0.356 e. The van der Waals surface area contributed by atoms with Crippen molar-refractivity contribution in [3.05, 3.63) is 29.8 Å². The highest BCUT2D eigenvalue weighted by molar-refractivity contribution is 7.86. The molecule has 0 spiro atoms. The molecule has 0 saturated heterocycles. The number of aryl methyl sites for hydroxylation is 1. The maximum atomic E-state index is 12.1. The van der Waals surface area contributed by atoms with E-state index < -0.39 is 10.1 Å². The lowest BCUT2D eigenvalue weighted by molar-refractivity contribution is -0.170. The summed E-state index contributed by atoms with van der Waals surface area (Å²) < 4.78 is 39.7. The molecule has 1 aromatic carbocycles. The molecule has 0 aromatic heterocycles. The molecule has 0 heterocycles. The van der Waals surface area contributed by atoms with Crippen LogP contribution in [0.2, 0.25) is 0 Å². The minimum atomic E-state index is -3.68. The lowest BCUT2D eigenvalue weighted by Gasteiger charge is -2.37. The molecule has 1 fully saturated rings. The Morgan fingerprint density at radius 2 is 1.65 bits per heavy atom. The van der Waals surface area contributed by atoms with Gasteiger partial charge >= 0.3 is 0 Å². The zero-order valence-electron chi connectivity index (χ0n) is 11.9. The highest BCUT2D eigenvalue weighted by atomic mass is 32.2. The third kappa shape index (κ3) is 3.38. The summed E-state index contributed by atoms with van der Waals surface area (Å²) in [4.78, 5) is 0.196. The average Bonchev–Trinajstić information content (AvgIpc) is 2.37. The largest absolute Gasteiger partial charge is 0.356 e. The monoisotopic (exact) mass is 300 g/mol. The highest BCUT2D eigenvalue weighted by Crippen LogP contribution is 2.36. The standard InChI is InChI=1S/C14H20O5S/c1-10-4-6-13(7-5-10)20(15,16)19-12-8-11(9-12)14(17-2)18-3/h4-7,11-12,14H,8-9H2,1-3H3. The highest BCUT2D eigenvalue weighted by Gasteiger charge is 2.39. The maximum absolute atomic E-state index is 12.1. The topological polar surface area (TPSA) is 61.8 Å². The van der Waals surface area contributed by atoms with Crippen LogP contribution in [0.3, 0.4) is 0 Å². The van der Waals surface area contributed by atoms with Gasteiger partial charge in [-0.1, -0.05) is 17.7 Å². The van der Waals surface area contributed by atoms with Gasteiger partial charge in [-0.05, 0) is 31.9 Å². The molecule has 0 N–H and O–H groups in total. The van der Waals surface area contributed by atoms with E-state index in [2.05, 4.69) is 0 Å². The van der Waals surface area contributed by atoms with Gasteiger partial charge in [0, 0.05) is 20.1 Å². The number of ether oxygens (including phenoxy) is 2. The van der Waals surface area contributed by atoms with Crippen molar-refractivity contribution in [2.75, 3.05) is 14.2 Å². The molecule has 0 aliphatic heterocycles. The third-order valence-electron chi connectivity index (χ3n) is 3.55. The van der Waals surface area contributed by atoms with E-state index in [1.54, 1.807) is 38.5 Å². The van der Waals surface area contributed by atoms with Crippen LogP contribution < -0.4 is 0 Å². The number of hydrogen-bond acceptors (Lipinski definition) is 5. The summed E-state index contributed by atoms with van der Waals surface area (Å²) in [5.41, 5.74) is 1.01. The predicted molar refractivity (Wildman–Crippen MR) is 73.8 cm³/mol. The van der Waals surface area contributed by atoms with Gasteiger partial charge in [0.15, 0.2) is 6.29 Å². The van der Waals surface area contributed by atoms with Crippen LogP contribution in [-0.4, -0.2) is 35.0 Å². The van der Waals surface area contributed by atoms with Crippen LogP contribution in [0.4, 0.5) is 0 Å². The van der Waals surface area contributed by atoms with Crippen LogP contribution in [0.25, 0.3) is 0 Å². The summed E-state index contributed by atoms with van der Waals surface area (Å²) in [5.74, 6) is 0.184. The quantitative estimate of drug-likeness (QED) is 0.595. The van der Waals surface area contributed by atoms with Crippen molar-refractivity contribution in [3.63, 3.8) is 0 Å². The number of rotatable bonds is 6. The van der Waals surface area contributed by atoms with Gasteiger partial charge in [-0.25, -0.2) is 0 Å². The first-order valence-electron chi connectivity index (χ1n) is 6.52. The van der Waals surface area contributed by atoms with E-state index in [1.165, 1.54) is 0 Å². The van der Waals surface area contributed by atoms with Crippen LogP contribution in [-0.2, 0) is 23.8 Å². The van der Waals surface area contributed by atoms with E-state index in [1.807, 2.05) is 6.92 Å². The number of benzene rings is 1. The molecule has 1 aromatic rings. The Labute approximate surface area is 120 Å². The average molecular weight is 300 g/mol. The molecule has 1 aliphatic carbocycles. The Morgan fingerprint density at radius 3 is 2.15 bits per heavy atom. The Bertz CT molecular complexity index is 527. The second-order valence-corrected chi connectivity index (χ2v) is 6.63. The van der Waals surface area contributed by atoms with Gasteiger partial charge in [0.25, 0.3) is 10.1 Å². The van der Waals surface area contributed by atoms with Gasteiger partial charge in [-0.3, -0.25) is 4.18 Å². The van der Waals surface area contributed by atoms with E-state index in [0.29, 0.717) is 12.8 Å². The van der Waals surface area contributed by atoms with Crippen molar-refractivity contribution >= 4 is 10.1 Å². The van der Waals surface area contributed by atoms with Gasteiger partial charge in [0.05, 0.1) is 11.0 Å². The van der Waals surface area contributed by atoms with Gasteiger partial charge in [-0.2, -0.15) is 8.42 Å². The second kappa shape index (κ2) is 6.22. The summed E-state index contributed by atoms with van der Waals surface area (Å²) >= 11 is 0. The maximum Gasteiger partial charge on any atom is 0.297 e. The van der Waals surface area contributed by atoms with E-state index in [9.17, 15) is 8.42 Å². The Morgan fingerprint density at radius 1 is 1.10 bits per heavy atom. The molecule has 0 radical (unpaired) electrons. The summed E-state index contributed by atoms with van der Waals surface area (Å²) in [6.45, 7) is 1.91. The molecule has 2 rings (SSSR count). The van der Waals surface area contributed by atoms with Crippen LogP contribution in [0, 0.1) is 12.8 Å². The van der Waals surface area contributed by atoms with Gasteiger partial charge in [0.1, 0.15) is 0 Å². The Balaban J connectivity index is 1.93. The number of methoxy groups -OCH3 is 2. The van der Waals surface area contributed by atoms with E-state index in [0.717, 1.165) is 5.56 Å². The van der Waals surface area contributed by atoms with Gasteiger partial charge in [-0.15, -0.1) is 0 Å². The summed E-state index contributed by atoms with van der Waals surface area (Å²) in [7, 11) is -0.532. The van der Waals surface area contributed by atoms with Crippen LogP contribution in [0.1, 0.15) is 18.4 Å². The van der Waals surface area contributed by atoms with Crippen molar-refractivity contribution < 1.29 is 22.1 Å². The molecule has 1 aliphatic rings. The molecule has 0 bridgehead atoms. The predicted octanol–water partition coefficient (Wildman–Crippen LogP) is 2.10. The zero-order valence-corrected chi connectivity index (χ0v) is 12.7. The van der Waals surface area contributed by atoms with E-state index in [-0.39, 0.29) is 23.2 Å². The first kappa shape index (κ1) is 15.4. The smallest absolute Gasteiger partial charge is 0.297 e. The molecular formula is C14H20O5S. The molecule has 0 unspecified atom stereocenters. The molecule has 112 valence electrons.